The molecule has 0 aliphatic heterocycles. The molecule has 0 fully saturated rings. The van der Waals surface area contributed by atoms with E-state index in [4.69, 9.17) is 5.73 Å². The van der Waals surface area contributed by atoms with Crippen LogP contribution in [-0.4, -0.2) is 25.8 Å². The fourth-order valence-corrected chi connectivity index (χ4v) is 3.61. The first-order valence-electron chi connectivity index (χ1n) is 10.4. The van der Waals surface area contributed by atoms with Crippen molar-refractivity contribution >= 4 is 5.91 Å². The predicted octanol–water partition coefficient (Wildman–Crippen LogP) is 4.16. The number of aryl methyl sites for hydroxylation is 1. The number of nitrogens with two attached hydrogens (primary N) is 1. The number of hydrogen-bond donors (Lipinski definition) is 2. The lowest BCUT2D eigenvalue weighted by Crippen LogP contribution is -2.17. The van der Waals surface area contributed by atoms with E-state index in [1.165, 1.54) is 11.1 Å². The van der Waals surface area contributed by atoms with E-state index >= 15 is 0 Å². The highest BCUT2D eigenvalue weighted by atomic mass is 16.3. The van der Waals surface area contributed by atoms with Gasteiger partial charge in [0.2, 0.25) is 0 Å². The highest BCUT2D eigenvalue weighted by Gasteiger charge is 2.18. The molecule has 2 aromatic carbocycles. The van der Waals surface area contributed by atoms with Gasteiger partial charge in [-0.3, -0.25) is 9.78 Å². The normalized spacial score (nSPS) is 11.5. The number of amides is 1. The lowest BCUT2D eigenvalue weighted by molar-refractivity contribution is 0.0739. The van der Waals surface area contributed by atoms with Gasteiger partial charge in [-0.15, -0.1) is 0 Å². The monoisotopic (exact) mass is 426 g/mol. The van der Waals surface area contributed by atoms with Crippen LogP contribution in [0, 0.1) is 6.92 Å². The summed E-state index contributed by atoms with van der Waals surface area (Å²) in [6, 6.07) is 22.1. The smallest absolute Gasteiger partial charge is 0.269 e. The summed E-state index contributed by atoms with van der Waals surface area (Å²) in [7, 11) is 0. The fraction of sp³-hybridized carbons (Fsp3) is 0.192. The number of carbonyl (C=O) groups excluding carboxylic acids is 1. The standard InChI is InChI=1S/C26H26N4O2/c1-17-14-23(25(27)31)29-30(17)22-10-6-19(7-11-22)15-18-4-8-20(9-5-18)21-12-13-28-24(16-21)26(2,3)32/h4-14,16,32H,15H2,1-3H3,(H2,27,31). The average Bonchev–Trinajstić information content (AvgIpc) is 3.16. The molecule has 4 rings (SSSR count). The summed E-state index contributed by atoms with van der Waals surface area (Å²) < 4.78 is 1.72. The van der Waals surface area contributed by atoms with Crippen molar-refractivity contribution in [2.45, 2.75) is 32.8 Å². The Bertz CT molecular complexity index is 1250. The van der Waals surface area contributed by atoms with Crippen LogP contribution in [0.25, 0.3) is 16.8 Å². The first kappa shape index (κ1) is 21.5. The van der Waals surface area contributed by atoms with Crippen LogP contribution in [0.3, 0.4) is 0 Å². The van der Waals surface area contributed by atoms with Gasteiger partial charge in [-0.25, -0.2) is 4.68 Å². The van der Waals surface area contributed by atoms with Gasteiger partial charge in [0.05, 0.1) is 11.4 Å². The molecule has 0 aliphatic carbocycles. The van der Waals surface area contributed by atoms with Gasteiger partial charge in [0.1, 0.15) is 5.60 Å². The van der Waals surface area contributed by atoms with Crippen molar-refractivity contribution in [1.29, 1.82) is 0 Å². The van der Waals surface area contributed by atoms with Crippen LogP contribution >= 0.6 is 0 Å². The number of aromatic nitrogens is 3. The van der Waals surface area contributed by atoms with Crippen molar-refractivity contribution in [2.24, 2.45) is 5.73 Å². The molecule has 162 valence electrons. The van der Waals surface area contributed by atoms with Gasteiger partial charge in [0.15, 0.2) is 5.69 Å². The van der Waals surface area contributed by atoms with Gasteiger partial charge in [-0.05, 0) is 79.8 Å². The number of carbonyl (C=O) groups is 1. The van der Waals surface area contributed by atoms with Crippen LogP contribution in [0.2, 0.25) is 0 Å². The van der Waals surface area contributed by atoms with Gasteiger partial charge in [0, 0.05) is 11.9 Å². The van der Waals surface area contributed by atoms with E-state index in [9.17, 15) is 9.90 Å². The van der Waals surface area contributed by atoms with E-state index in [1.54, 1.807) is 30.8 Å². The lowest BCUT2D eigenvalue weighted by Gasteiger charge is -2.17. The number of benzene rings is 2. The molecular weight excluding hydrogens is 400 g/mol. The largest absolute Gasteiger partial charge is 0.384 e. The van der Waals surface area contributed by atoms with Crippen molar-refractivity contribution in [2.75, 3.05) is 0 Å². The third kappa shape index (κ3) is 4.60. The van der Waals surface area contributed by atoms with Gasteiger partial charge < -0.3 is 10.8 Å². The Balaban J connectivity index is 1.49. The predicted molar refractivity (Wildman–Crippen MR) is 125 cm³/mol. The van der Waals surface area contributed by atoms with Crippen molar-refractivity contribution in [3.63, 3.8) is 0 Å². The second kappa shape index (κ2) is 8.40. The zero-order chi connectivity index (χ0) is 22.9. The molecule has 2 aromatic heterocycles. The first-order valence-corrected chi connectivity index (χ1v) is 10.4. The highest BCUT2D eigenvalue weighted by Crippen LogP contribution is 2.25. The molecule has 0 unspecified atom stereocenters. The van der Waals surface area contributed by atoms with E-state index < -0.39 is 11.5 Å². The van der Waals surface area contributed by atoms with Gasteiger partial charge >= 0.3 is 0 Å². The molecule has 0 bridgehead atoms. The molecule has 6 heteroatoms. The Hall–Kier alpha value is -3.77. The maximum atomic E-state index is 11.4. The summed E-state index contributed by atoms with van der Waals surface area (Å²) in [5.41, 5.74) is 11.5. The second-order valence-corrected chi connectivity index (χ2v) is 8.48. The molecular formula is C26H26N4O2. The molecule has 0 atom stereocenters. The minimum Gasteiger partial charge on any atom is -0.384 e. The van der Waals surface area contributed by atoms with Crippen LogP contribution in [0.5, 0.6) is 0 Å². The molecule has 4 aromatic rings. The molecule has 0 aliphatic rings. The number of primary amides is 1. The van der Waals surface area contributed by atoms with E-state index in [0.29, 0.717) is 5.69 Å². The second-order valence-electron chi connectivity index (χ2n) is 8.48. The minimum atomic E-state index is -0.974. The molecule has 0 saturated heterocycles. The van der Waals surface area contributed by atoms with Gasteiger partial charge in [-0.2, -0.15) is 5.10 Å². The molecule has 2 heterocycles. The summed E-state index contributed by atoms with van der Waals surface area (Å²) in [6.45, 7) is 5.36. The van der Waals surface area contributed by atoms with E-state index in [-0.39, 0.29) is 5.69 Å². The molecule has 32 heavy (non-hydrogen) atoms. The molecule has 3 N–H and O–H groups in total. The Kier molecular flexibility index (Phi) is 5.63. The third-order valence-corrected chi connectivity index (χ3v) is 5.40. The number of hydrogen-bond acceptors (Lipinski definition) is 4. The average molecular weight is 427 g/mol. The maximum Gasteiger partial charge on any atom is 0.269 e. The number of aliphatic hydroxyl groups is 1. The summed E-state index contributed by atoms with van der Waals surface area (Å²) in [5, 5.41) is 14.5. The van der Waals surface area contributed by atoms with Crippen molar-refractivity contribution in [3.8, 4) is 16.8 Å². The Morgan fingerprint density at radius 3 is 2.16 bits per heavy atom. The molecule has 6 nitrogen and oxygen atoms in total. The lowest BCUT2D eigenvalue weighted by atomic mass is 9.98. The number of nitrogens with zero attached hydrogens (tertiary/aromatic N) is 3. The van der Waals surface area contributed by atoms with Crippen LogP contribution in [0.15, 0.2) is 72.9 Å². The SMILES string of the molecule is Cc1cc(C(N)=O)nn1-c1ccc(Cc2ccc(-c3ccnc(C(C)(C)O)c3)cc2)cc1. The zero-order valence-corrected chi connectivity index (χ0v) is 18.4. The highest BCUT2D eigenvalue weighted by molar-refractivity contribution is 5.90. The minimum absolute atomic E-state index is 0.260. The number of pyridine rings is 1. The molecule has 0 spiro atoms. The van der Waals surface area contributed by atoms with Crippen molar-refractivity contribution in [1.82, 2.24) is 14.8 Å². The topological polar surface area (TPSA) is 94.0 Å². The zero-order valence-electron chi connectivity index (χ0n) is 18.4. The fourth-order valence-electron chi connectivity index (χ4n) is 3.61. The summed E-state index contributed by atoms with van der Waals surface area (Å²) in [5.74, 6) is -0.532. The Labute approximate surface area is 187 Å². The van der Waals surface area contributed by atoms with Gasteiger partial charge in [-0.1, -0.05) is 36.4 Å². The summed E-state index contributed by atoms with van der Waals surface area (Å²) >= 11 is 0. The van der Waals surface area contributed by atoms with Crippen molar-refractivity contribution in [3.05, 3.63) is 101 Å². The summed E-state index contributed by atoms with van der Waals surface area (Å²) in [4.78, 5) is 15.6. The maximum absolute atomic E-state index is 11.4. The van der Waals surface area contributed by atoms with E-state index in [1.807, 2.05) is 31.2 Å². The quantitative estimate of drug-likeness (QED) is 0.484. The van der Waals surface area contributed by atoms with Gasteiger partial charge in [0.25, 0.3) is 5.91 Å². The molecule has 1 amide bonds. The Morgan fingerprint density at radius 1 is 0.969 bits per heavy atom. The molecule has 0 radical (unpaired) electrons. The summed E-state index contributed by atoms with van der Waals surface area (Å²) in [6.07, 6.45) is 2.53. The first-order chi connectivity index (χ1) is 15.2. The van der Waals surface area contributed by atoms with Crippen molar-refractivity contribution < 1.29 is 9.90 Å². The van der Waals surface area contributed by atoms with E-state index in [2.05, 4.69) is 46.5 Å². The van der Waals surface area contributed by atoms with Crippen LogP contribution in [0.4, 0.5) is 0 Å². The van der Waals surface area contributed by atoms with Crippen LogP contribution in [0.1, 0.15) is 46.9 Å². The van der Waals surface area contributed by atoms with Crippen LogP contribution in [-0.2, 0) is 12.0 Å². The molecule has 0 saturated carbocycles. The third-order valence-electron chi connectivity index (χ3n) is 5.40. The van der Waals surface area contributed by atoms with E-state index in [0.717, 1.165) is 28.9 Å². The van der Waals surface area contributed by atoms with Crippen LogP contribution < -0.4 is 5.73 Å². The number of rotatable bonds is 6. The Morgan fingerprint density at radius 2 is 1.59 bits per heavy atom.